The van der Waals surface area contributed by atoms with E-state index in [1.807, 2.05) is 6.08 Å². The fourth-order valence-corrected chi connectivity index (χ4v) is 6.73. The van der Waals surface area contributed by atoms with Crippen molar-refractivity contribution in [3.63, 3.8) is 0 Å². The highest BCUT2D eigenvalue weighted by molar-refractivity contribution is 6.05. The van der Waals surface area contributed by atoms with Gasteiger partial charge in [-0.25, -0.2) is 4.79 Å². The molecule has 0 aromatic heterocycles. The van der Waals surface area contributed by atoms with Crippen LogP contribution < -0.4 is 0 Å². The molecule has 0 aromatic rings. The van der Waals surface area contributed by atoms with Crippen molar-refractivity contribution >= 4 is 11.7 Å². The number of fused-ring (bicyclic) bond motifs is 5. The van der Waals surface area contributed by atoms with Gasteiger partial charge in [0.15, 0.2) is 0 Å². The van der Waals surface area contributed by atoms with E-state index in [-0.39, 0.29) is 17.4 Å². The number of hydrogen-bond donors (Lipinski definition) is 1. The smallest absolute Gasteiger partial charge is 0.346 e. The number of aliphatic hydroxyl groups is 1. The lowest BCUT2D eigenvalue weighted by Crippen LogP contribution is -2.53. The first-order valence-corrected chi connectivity index (χ1v) is 10.6. The molecule has 0 aliphatic heterocycles. The van der Waals surface area contributed by atoms with E-state index >= 15 is 0 Å². The average Bonchev–Trinajstić information content (AvgIpc) is 2.91. The van der Waals surface area contributed by atoms with E-state index in [4.69, 9.17) is 4.84 Å². The molecule has 28 heavy (non-hydrogen) atoms. The van der Waals surface area contributed by atoms with Gasteiger partial charge in [-0.1, -0.05) is 30.7 Å². The molecule has 5 heteroatoms. The van der Waals surface area contributed by atoms with Gasteiger partial charge in [0.05, 0.1) is 12.7 Å². The van der Waals surface area contributed by atoms with Gasteiger partial charge in [0.25, 0.3) is 0 Å². The third-order valence-corrected chi connectivity index (χ3v) is 8.71. The fraction of sp³-hybridized carbons (Fsp3) is 0.739. The van der Waals surface area contributed by atoms with E-state index in [0.717, 1.165) is 37.8 Å². The highest BCUT2D eigenvalue weighted by atomic mass is 16.6. The predicted molar refractivity (Wildman–Crippen MR) is 108 cm³/mol. The zero-order valence-corrected chi connectivity index (χ0v) is 17.5. The van der Waals surface area contributed by atoms with Crippen molar-refractivity contribution < 1.29 is 19.5 Å². The van der Waals surface area contributed by atoms with Crippen molar-refractivity contribution in [1.82, 2.24) is 0 Å². The second kappa shape index (κ2) is 6.72. The maximum Gasteiger partial charge on any atom is 0.346 e. The standard InChI is InChI=1S/C23H33NO4/c1-21-10-7-16(24-28-14-20(25)27-4)13-15(21)5-6-17-18(21)8-11-22(2)19(17)9-12-23(22,3)26/h7,10,13,17-19,26H,5-6,8-9,11-12,14H2,1-4H3/b24-16-/t17-,18+,19+,21+,22+,23?/m1/s1. The van der Waals surface area contributed by atoms with Crippen LogP contribution in [0.3, 0.4) is 0 Å². The number of esters is 1. The first-order valence-electron chi connectivity index (χ1n) is 10.6. The van der Waals surface area contributed by atoms with Crippen LogP contribution >= 0.6 is 0 Å². The van der Waals surface area contributed by atoms with Crippen LogP contribution in [0.4, 0.5) is 0 Å². The maximum absolute atomic E-state index is 11.2. The highest BCUT2D eigenvalue weighted by Crippen LogP contribution is 2.66. The van der Waals surface area contributed by atoms with Gasteiger partial charge in [-0.2, -0.15) is 0 Å². The van der Waals surface area contributed by atoms with Gasteiger partial charge in [0.2, 0.25) is 6.61 Å². The molecular weight excluding hydrogens is 354 g/mol. The molecule has 4 aliphatic carbocycles. The summed E-state index contributed by atoms with van der Waals surface area (Å²) in [5, 5.41) is 15.1. The fourth-order valence-electron chi connectivity index (χ4n) is 6.73. The monoisotopic (exact) mass is 387 g/mol. The molecule has 1 unspecified atom stereocenters. The number of ether oxygens (including phenoxy) is 1. The van der Waals surface area contributed by atoms with Crippen molar-refractivity contribution in [3.8, 4) is 0 Å². The molecule has 154 valence electrons. The normalized spacial score (nSPS) is 45.7. The molecule has 0 aromatic carbocycles. The van der Waals surface area contributed by atoms with Crippen LogP contribution in [-0.2, 0) is 14.4 Å². The number of carbonyl (C=O) groups excluding carboxylic acids is 1. The minimum absolute atomic E-state index is 0.0540. The molecule has 3 saturated carbocycles. The molecule has 0 saturated heterocycles. The molecule has 0 heterocycles. The SMILES string of the molecule is COC(=O)CO/N=C1/C=C[C@@]2(C)C(=C1)CC[C@@H]1[C@@H]2CC[C@@]2(C)[C@H]1CCC2(C)O. The summed E-state index contributed by atoms with van der Waals surface area (Å²) in [5.74, 6) is 1.48. The molecule has 0 amide bonds. The van der Waals surface area contributed by atoms with Gasteiger partial charge in [0.1, 0.15) is 5.71 Å². The number of hydrogen-bond acceptors (Lipinski definition) is 5. The Morgan fingerprint density at radius 1 is 1.21 bits per heavy atom. The lowest BCUT2D eigenvalue weighted by Gasteiger charge is -2.58. The Morgan fingerprint density at radius 2 is 1.96 bits per heavy atom. The Hall–Kier alpha value is -1.62. The van der Waals surface area contributed by atoms with Crippen molar-refractivity contribution in [2.24, 2.45) is 33.7 Å². The zero-order chi connectivity index (χ0) is 20.2. The van der Waals surface area contributed by atoms with Crippen molar-refractivity contribution in [3.05, 3.63) is 23.8 Å². The second-order valence-electron chi connectivity index (χ2n) is 9.84. The number of carbonyl (C=O) groups is 1. The molecule has 1 N–H and O–H groups in total. The van der Waals surface area contributed by atoms with Crippen LogP contribution in [0.2, 0.25) is 0 Å². The Bertz CT molecular complexity index is 752. The molecule has 6 atom stereocenters. The summed E-state index contributed by atoms with van der Waals surface area (Å²) in [6.45, 7) is 6.59. The van der Waals surface area contributed by atoms with Crippen LogP contribution in [0.25, 0.3) is 0 Å². The quantitative estimate of drug-likeness (QED) is 0.587. The molecule has 5 nitrogen and oxygen atoms in total. The first kappa shape index (κ1) is 19.7. The maximum atomic E-state index is 11.2. The van der Waals surface area contributed by atoms with Gasteiger partial charge < -0.3 is 14.7 Å². The third-order valence-electron chi connectivity index (χ3n) is 8.71. The van der Waals surface area contributed by atoms with E-state index < -0.39 is 11.6 Å². The lowest BCUT2D eigenvalue weighted by molar-refractivity contribution is -0.145. The molecule has 4 rings (SSSR count). The van der Waals surface area contributed by atoms with Gasteiger partial charge in [-0.05, 0) is 80.8 Å². The molecular formula is C23H33NO4. The van der Waals surface area contributed by atoms with E-state index in [0.29, 0.717) is 17.8 Å². The van der Waals surface area contributed by atoms with Crippen LogP contribution in [0.15, 0.2) is 29.0 Å². The summed E-state index contributed by atoms with van der Waals surface area (Å²) in [7, 11) is 1.34. The third kappa shape index (κ3) is 2.85. The Balaban J connectivity index is 1.54. The Morgan fingerprint density at radius 3 is 2.71 bits per heavy atom. The number of nitrogens with zero attached hydrogens (tertiary/aromatic N) is 1. The molecule has 0 bridgehead atoms. The van der Waals surface area contributed by atoms with Crippen molar-refractivity contribution in [1.29, 1.82) is 0 Å². The number of oxime groups is 1. The van der Waals surface area contributed by atoms with E-state index in [1.165, 1.54) is 19.1 Å². The first-order chi connectivity index (χ1) is 13.2. The van der Waals surface area contributed by atoms with Gasteiger partial charge in [0, 0.05) is 5.41 Å². The topological polar surface area (TPSA) is 68.1 Å². The van der Waals surface area contributed by atoms with E-state index in [9.17, 15) is 9.90 Å². The summed E-state index contributed by atoms with van der Waals surface area (Å²) in [6.07, 6.45) is 13.1. The van der Waals surface area contributed by atoms with Crippen LogP contribution in [-0.4, -0.2) is 36.1 Å². The summed E-state index contributed by atoms with van der Waals surface area (Å²) in [5.41, 5.74) is 1.77. The predicted octanol–water partition coefficient (Wildman–Crippen LogP) is 4.02. The summed E-state index contributed by atoms with van der Waals surface area (Å²) in [4.78, 5) is 16.3. The molecule has 0 radical (unpaired) electrons. The van der Waals surface area contributed by atoms with E-state index in [1.54, 1.807) is 0 Å². The van der Waals surface area contributed by atoms with Gasteiger partial charge >= 0.3 is 5.97 Å². The minimum atomic E-state index is -0.529. The van der Waals surface area contributed by atoms with Crippen LogP contribution in [0, 0.1) is 28.6 Å². The van der Waals surface area contributed by atoms with Crippen molar-refractivity contribution in [2.45, 2.75) is 64.9 Å². The average molecular weight is 388 g/mol. The Kier molecular flexibility index (Phi) is 4.72. The van der Waals surface area contributed by atoms with Crippen LogP contribution in [0.5, 0.6) is 0 Å². The van der Waals surface area contributed by atoms with Crippen LogP contribution in [0.1, 0.15) is 59.3 Å². The summed E-state index contributed by atoms with van der Waals surface area (Å²) < 4.78 is 4.57. The summed E-state index contributed by atoms with van der Waals surface area (Å²) in [6, 6.07) is 0. The highest BCUT2D eigenvalue weighted by Gasteiger charge is 2.61. The molecule has 0 spiro atoms. The number of allylic oxidation sites excluding steroid dienone is 4. The molecule has 4 aliphatic rings. The van der Waals surface area contributed by atoms with E-state index in [2.05, 4.69) is 42.8 Å². The zero-order valence-electron chi connectivity index (χ0n) is 17.5. The molecule has 3 fully saturated rings. The van der Waals surface area contributed by atoms with Gasteiger partial charge in [-0.3, -0.25) is 0 Å². The second-order valence-corrected chi connectivity index (χ2v) is 9.84. The number of rotatable bonds is 3. The minimum Gasteiger partial charge on any atom is -0.466 e. The largest absolute Gasteiger partial charge is 0.466 e. The number of methoxy groups -OCH3 is 1. The van der Waals surface area contributed by atoms with Gasteiger partial charge in [-0.15, -0.1) is 0 Å². The Labute approximate surface area is 167 Å². The summed E-state index contributed by atoms with van der Waals surface area (Å²) >= 11 is 0. The lowest BCUT2D eigenvalue weighted by atomic mass is 9.47. The van der Waals surface area contributed by atoms with Crippen molar-refractivity contribution in [2.75, 3.05) is 13.7 Å².